The number of rotatable bonds is 8. The Hall–Kier alpha value is -4.98. The molecule has 1 aromatic carbocycles. The van der Waals surface area contributed by atoms with E-state index in [-0.39, 0.29) is 50.7 Å². The number of anilines is 1. The predicted molar refractivity (Wildman–Crippen MR) is 142 cm³/mol. The van der Waals surface area contributed by atoms with Crippen molar-refractivity contribution in [2.75, 3.05) is 5.73 Å². The minimum absolute atomic E-state index is 0.0289. The summed E-state index contributed by atoms with van der Waals surface area (Å²) in [6.07, 6.45) is 6.49. The van der Waals surface area contributed by atoms with Gasteiger partial charge in [-0.2, -0.15) is 18.9 Å². The van der Waals surface area contributed by atoms with Crippen molar-refractivity contribution < 1.29 is 18.3 Å². The number of aromatic nitrogens is 8. The Kier molecular flexibility index (Phi) is 6.53. The maximum Gasteiger partial charge on any atom is 0.222 e. The number of amides is 1. The van der Waals surface area contributed by atoms with Crippen LogP contribution in [0.5, 0.6) is 0 Å². The van der Waals surface area contributed by atoms with Crippen molar-refractivity contribution in [3.63, 3.8) is 0 Å². The van der Waals surface area contributed by atoms with Crippen molar-refractivity contribution in [2.45, 2.75) is 18.9 Å². The normalized spacial score (nSPS) is 17.0. The van der Waals surface area contributed by atoms with Gasteiger partial charge in [-0.3, -0.25) is 9.48 Å². The van der Waals surface area contributed by atoms with E-state index in [0.29, 0.717) is 23.1 Å². The molecule has 4 aromatic heterocycles. The number of benzene rings is 1. The molecule has 0 aliphatic heterocycles. The van der Waals surface area contributed by atoms with E-state index >= 15 is 4.39 Å². The van der Waals surface area contributed by atoms with Gasteiger partial charge in [0.25, 0.3) is 0 Å². The summed E-state index contributed by atoms with van der Waals surface area (Å²) in [5, 5.41) is 28.8. The fraction of sp³-hybridized carbons (Fsp3) is 0.192. The molecule has 4 heterocycles. The second kappa shape index (κ2) is 10.2. The molecule has 0 saturated heterocycles. The van der Waals surface area contributed by atoms with Gasteiger partial charge in [-0.15, -0.1) is 5.10 Å². The van der Waals surface area contributed by atoms with Crippen molar-refractivity contribution in [1.29, 1.82) is 0 Å². The molecule has 1 aliphatic carbocycles. The van der Waals surface area contributed by atoms with Crippen LogP contribution in [-0.4, -0.2) is 40.9 Å². The van der Waals surface area contributed by atoms with Gasteiger partial charge in [0.2, 0.25) is 17.5 Å². The lowest BCUT2D eigenvalue weighted by Gasteiger charge is -2.18. The largest absolute Gasteiger partial charge is 0.618 e. The highest BCUT2D eigenvalue weighted by Gasteiger charge is 2.44. The lowest BCUT2D eigenvalue weighted by molar-refractivity contribution is -0.615. The van der Waals surface area contributed by atoms with E-state index in [1.807, 2.05) is 0 Å². The van der Waals surface area contributed by atoms with Crippen molar-refractivity contribution in [3.8, 4) is 27.9 Å². The van der Waals surface area contributed by atoms with Gasteiger partial charge in [-0.25, -0.2) is 9.37 Å². The van der Waals surface area contributed by atoms with Gasteiger partial charge in [0.1, 0.15) is 18.2 Å². The van der Waals surface area contributed by atoms with E-state index < -0.39 is 23.7 Å². The number of nitrogens with zero attached hydrogens (tertiary/aromatic N) is 8. The molecule has 4 N–H and O–H groups in total. The summed E-state index contributed by atoms with van der Waals surface area (Å²) >= 11 is 6.07. The second-order valence-corrected chi connectivity index (χ2v) is 10.1. The van der Waals surface area contributed by atoms with Crippen LogP contribution in [0.1, 0.15) is 24.6 Å². The van der Waals surface area contributed by atoms with E-state index in [1.165, 1.54) is 52.4 Å². The van der Waals surface area contributed by atoms with Gasteiger partial charge in [0.05, 0.1) is 28.0 Å². The average molecular weight is 579 g/mol. The summed E-state index contributed by atoms with van der Waals surface area (Å²) in [6, 6.07) is 8.33. The Bertz CT molecular complexity index is 1780. The number of carbonyl (C=O) groups excluding carboxylic acids is 1. The average Bonchev–Trinajstić information content (AvgIpc) is 3.28. The first-order valence-corrected chi connectivity index (χ1v) is 12.8. The Balaban J connectivity index is 1.41. The minimum Gasteiger partial charge on any atom is -0.618 e. The molecule has 1 amide bonds. The molecule has 5 aromatic rings. The highest BCUT2D eigenvalue weighted by molar-refractivity contribution is 6.31. The van der Waals surface area contributed by atoms with E-state index in [9.17, 15) is 14.4 Å². The molecule has 0 unspecified atom stereocenters. The number of hydrogen-bond donors (Lipinski definition) is 2. The molecule has 1 saturated carbocycles. The molecular weight excluding hydrogens is 558 g/mol. The number of hydrogen-bond acceptors (Lipinski definition) is 8. The van der Waals surface area contributed by atoms with Crippen molar-refractivity contribution in [2.24, 2.45) is 17.6 Å². The molecule has 15 heteroatoms. The van der Waals surface area contributed by atoms with E-state index in [4.69, 9.17) is 23.1 Å². The number of halogens is 3. The molecule has 1 aliphatic rings. The van der Waals surface area contributed by atoms with Gasteiger partial charge in [0, 0.05) is 29.3 Å². The summed E-state index contributed by atoms with van der Waals surface area (Å²) in [5.41, 5.74) is 12.5. The van der Waals surface area contributed by atoms with Gasteiger partial charge in [-0.1, -0.05) is 11.6 Å². The third-order valence-corrected chi connectivity index (χ3v) is 7.45. The van der Waals surface area contributed by atoms with Crippen LogP contribution in [0.15, 0.2) is 61.3 Å². The zero-order valence-electron chi connectivity index (χ0n) is 21.1. The molecular formula is C26H21ClF2N10O2. The zero-order chi connectivity index (χ0) is 28.8. The lowest BCUT2D eigenvalue weighted by Crippen LogP contribution is -2.36. The summed E-state index contributed by atoms with van der Waals surface area (Å²) in [7, 11) is 0. The van der Waals surface area contributed by atoms with Crippen LogP contribution in [-0.2, 0) is 4.79 Å². The van der Waals surface area contributed by atoms with Crippen molar-refractivity contribution in [3.05, 3.63) is 89.0 Å². The van der Waals surface area contributed by atoms with Crippen molar-refractivity contribution in [1.82, 2.24) is 35.0 Å². The van der Waals surface area contributed by atoms with E-state index in [2.05, 4.69) is 25.6 Å². The summed E-state index contributed by atoms with van der Waals surface area (Å²) in [4.78, 5) is 15.4. The molecule has 0 bridgehead atoms. The maximum absolute atomic E-state index is 15.3. The van der Waals surface area contributed by atoms with Crippen LogP contribution >= 0.6 is 11.6 Å². The van der Waals surface area contributed by atoms with Crippen LogP contribution in [0.2, 0.25) is 5.02 Å². The molecule has 41 heavy (non-hydrogen) atoms. The third-order valence-electron chi connectivity index (χ3n) is 7.16. The number of carbonyl (C=O) groups is 1. The molecule has 3 atom stereocenters. The predicted octanol–water partition coefficient (Wildman–Crippen LogP) is 2.84. The first kappa shape index (κ1) is 26.3. The summed E-state index contributed by atoms with van der Waals surface area (Å²) in [6.45, 7) is 0. The van der Waals surface area contributed by atoms with Crippen LogP contribution in [0.25, 0.3) is 27.9 Å². The number of pyridine rings is 2. The highest BCUT2D eigenvalue weighted by Crippen LogP contribution is 2.45. The van der Waals surface area contributed by atoms with Gasteiger partial charge in [0.15, 0.2) is 12.0 Å². The highest BCUT2D eigenvalue weighted by atomic mass is 35.5. The van der Waals surface area contributed by atoms with Crippen LogP contribution < -0.4 is 16.2 Å². The Morgan fingerprint density at radius 3 is 2.71 bits per heavy atom. The van der Waals surface area contributed by atoms with E-state index in [0.717, 1.165) is 0 Å². The number of tetrazole rings is 1. The van der Waals surface area contributed by atoms with E-state index in [1.54, 1.807) is 18.3 Å². The first-order chi connectivity index (χ1) is 19.7. The van der Waals surface area contributed by atoms with Crippen LogP contribution in [0.3, 0.4) is 0 Å². The Morgan fingerprint density at radius 2 is 2.02 bits per heavy atom. The van der Waals surface area contributed by atoms with Crippen LogP contribution in [0, 0.1) is 28.8 Å². The number of primary amides is 1. The smallest absolute Gasteiger partial charge is 0.222 e. The Morgan fingerprint density at radius 1 is 1.20 bits per heavy atom. The molecule has 1 fully saturated rings. The van der Waals surface area contributed by atoms with Crippen LogP contribution in [0.4, 0.5) is 14.6 Å². The lowest BCUT2D eigenvalue weighted by atomic mass is 10.0. The number of nitrogen functional groups attached to an aromatic ring is 1. The summed E-state index contributed by atoms with van der Waals surface area (Å²) in [5.74, 6) is -2.28. The molecule has 6 rings (SSSR count). The molecule has 0 radical (unpaired) electrons. The topological polar surface area (TPSA) is 170 Å². The minimum atomic E-state index is -0.762. The number of nitrogens with two attached hydrogens (primary N) is 2. The zero-order valence-corrected chi connectivity index (χ0v) is 21.9. The molecule has 0 spiro atoms. The molecule has 208 valence electrons. The van der Waals surface area contributed by atoms with Gasteiger partial charge >= 0.3 is 0 Å². The fourth-order valence-electron chi connectivity index (χ4n) is 4.99. The van der Waals surface area contributed by atoms with Gasteiger partial charge in [-0.05, 0) is 59.5 Å². The second-order valence-electron chi connectivity index (χ2n) is 9.72. The Labute approximate surface area is 235 Å². The third kappa shape index (κ3) is 4.93. The fourth-order valence-corrected chi connectivity index (χ4v) is 5.15. The first-order valence-electron chi connectivity index (χ1n) is 12.4. The van der Waals surface area contributed by atoms with Gasteiger partial charge < -0.3 is 16.7 Å². The molecule has 12 nitrogen and oxygen atoms in total. The SMILES string of the molecule is NC(=O)[C@H]1C[C@@H]1C[C@H](c1ccc(-c2c(-n3cnnn3)ccc(Cl)c2F)c[n+]1[O-])n1cc(-c2ccc(N)nc2F)cn1. The standard InChI is InChI=1S/C26H21ClF2N10O2/c27-18-3-5-20(38-12-32-35-36-38)23(24(18)28)13-1-4-19(39(41)11-13)21(8-14-7-17(14)26(31)40)37-10-15(9-33-37)16-2-6-22(30)34-25(16)29/h1-6,9-12,14,17,21H,7-8H2,(H2,30,34)(H2,31,40)/t14-,17+,21-/m1/s1. The summed E-state index contributed by atoms with van der Waals surface area (Å²) < 4.78 is 33.2. The maximum atomic E-state index is 15.3. The quantitative estimate of drug-likeness (QED) is 0.161. The monoisotopic (exact) mass is 578 g/mol. The van der Waals surface area contributed by atoms with Crippen molar-refractivity contribution >= 4 is 23.3 Å².